The molecule has 1 aromatic carbocycles. The van der Waals surface area contributed by atoms with Crippen molar-refractivity contribution in [3.05, 3.63) is 47.8 Å². The maximum atomic E-state index is 5.86. The zero-order chi connectivity index (χ0) is 13.7. The van der Waals surface area contributed by atoms with Crippen LogP contribution < -0.4 is 5.73 Å². The van der Waals surface area contributed by atoms with E-state index in [2.05, 4.69) is 34.4 Å². The highest BCUT2D eigenvalue weighted by Gasteiger charge is 2.26. The molecule has 1 saturated carbocycles. The summed E-state index contributed by atoms with van der Waals surface area (Å²) in [6.45, 7) is 1.95. The molecule has 0 aliphatic heterocycles. The maximum Gasteiger partial charge on any atom is 0.0728 e. The van der Waals surface area contributed by atoms with E-state index in [1.54, 1.807) is 0 Å². The van der Waals surface area contributed by atoms with E-state index >= 15 is 0 Å². The third-order valence-corrected chi connectivity index (χ3v) is 4.17. The van der Waals surface area contributed by atoms with Crippen molar-refractivity contribution in [1.82, 2.24) is 9.97 Å². The molecule has 2 aromatic heterocycles. The van der Waals surface area contributed by atoms with E-state index in [0.717, 1.165) is 28.6 Å². The molecule has 3 heteroatoms. The van der Waals surface area contributed by atoms with Gasteiger partial charge in [0.05, 0.1) is 17.1 Å². The molecular formula is C17H17N3. The van der Waals surface area contributed by atoms with Gasteiger partial charge in [0, 0.05) is 22.7 Å². The number of para-hydroxylation sites is 1. The van der Waals surface area contributed by atoms with Gasteiger partial charge < -0.3 is 10.7 Å². The normalized spacial score (nSPS) is 14.8. The van der Waals surface area contributed by atoms with Crippen LogP contribution in [0.2, 0.25) is 0 Å². The molecule has 3 aromatic rings. The van der Waals surface area contributed by atoms with E-state index in [1.807, 2.05) is 19.1 Å². The number of hydrogen-bond donors (Lipinski definition) is 2. The summed E-state index contributed by atoms with van der Waals surface area (Å²) in [5.74, 6) is 0.742. The second-order valence-electron chi connectivity index (χ2n) is 5.62. The van der Waals surface area contributed by atoms with Gasteiger partial charge in [-0.2, -0.15) is 0 Å². The van der Waals surface area contributed by atoms with Crippen LogP contribution in [0.25, 0.3) is 22.2 Å². The van der Waals surface area contributed by atoms with Crippen LogP contribution in [0.3, 0.4) is 0 Å². The Morgan fingerprint density at radius 1 is 1.20 bits per heavy atom. The minimum Gasteiger partial charge on any atom is -0.397 e. The highest BCUT2D eigenvalue weighted by atomic mass is 14.8. The van der Waals surface area contributed by atoms with E-state index in [0.29, 0.717) is 0 Å². The SMILES string of the molecule is Cc1nc(-c2c[nH]c3c(C4CC4)cccc23)ccc1N. The van der Waals surface area contributed by atoms with Crippen LogP contribution in [-0.2, 0) is 0 Å². The number of nitrogens with zero attached hydrogens (tertiary/aromatic N) is 1. The molecule has 20 heavy (non-hydrogen) atoms. The first-order valence-corrected chi connectivity index (χ1v) is 7.07. The lowest BCUT2D eigenvalue weighted by atomic mass is 10.0. The fourth-order valence-corrected chi connectivity index (χ4v) is 2.85. The predicted molar refractivity (Wildman–Crippen MR) is 82.7 cm³/mol. The molecule has 4 rings (SSSR count). The second kappa shape index (κ2) is 4.10. The molecule has 1 fully saturated rings. The molecule has 0 radical (unpaired) electrons. The summed E-state index contributed by atoms with van der Waals surface area (Å²) < 4.78 is 0. The van der Waals surface area contributed by atoms with Crippen molar-refractivity contribution >= 4 is 16.6 Å². The van der Waals surface area contributed by atoms with E-state index < -0.39 is 0 Å². The fourth-order valence-electron chi connectivity index (χ4n) is 2.85. The summed E-state index contributed by atoms with van der Waals surface area (Å²) in [4.78, 5) is 8.05. The maximum absolute atomic E-state index is 5.86. The summed E-state index contributed by atoms with van der Waals surface area (Å²) in [5.41, 5.74) is 12.3. The molecule has 0 amide bonds. The summed E-state index contributed by atoms with van der Waals surface area (Å²) in [6, 6.07) is 10.5. The molecule has 1 aliphatic rings. The number of H-pyrrole nitrogens is 1. The number of nitrogen functional groups attached to an aromatic ring is 1. The van der Waals surface area contributed by atoms with Gasteiger partial charge in [0.1, 0.15) is 0 Å². The Bertz CT molecular complexity index is 797. The minimum absolute atomic E-state index is 0.742. The number of nitrogens with two attached hydrogens (primary N) is 1. The van der Waals surface area contributed by atoms with Crippen molar-refractivity contribution < 1.29 is 0 Å². The van der Waals surface area contributed by atoms with Crippen molar-refractivity contribution in [1.29, 1.82) is 0 Å². The van der Waals surface area contributed by atoms with Crippen molar-refractivity contribution in [3.63, 3.8) is 0 Å². The molecule has 0 bridgehead atoms. The largest absolute Gasteiger partial charge is 0.397 e. The molecular weight excluding hydrogens is 246 g/mol. The van der Waals surface area contributed by atoms with Gasteiger partial charge in [-0.1, -0.05) is 18.2 Å². The van der Waals surface area contributed by atoms with Gasteiger partial charge in [-0.15, -0.1) is 0 Å². The molecule has 0 unspecified atom stereocenters. The Hall–Kier alpha value is -2.29. The van der Waals surface area contributed by atoms with Gasteiger partial charge in [0.25, 0.3) is 0 Å². The van der Waals surface area contributed by atoms with Gasteiger partial charge in [-0.25, -0.2) is 0 Å². The topological polar surface area (TPSA) is 54.7 Å². The fraction of sp³-hybridized carbons (Fsp3) is 0.235. The molecule has 100 valence electrons. The van der Waals surface area contributed by atoms with Crippen LogP contribution in [0.1, 0.15) is 30.0 Å². The lowest BCUT2D eigenvalue weighted by molar-refractivity contribution is 1.14. The van der Waals surface area contributed by atoms with Gasteiger partial charge in [0.2, 0.25) is 0 Å². The van der Waals surface area contributed by atoms with Crippen LogP contribution in [0, 0.1) is 6.92 Å². The molecule has 0 spiro atoms. The first-order chi connectivity index (χ1) is 9.74. The first-order valence-electron chi connectivity index (χ1n) is 7.07. The third kappa shape index (κ3) is 1.70. The summed E-state index contributed by atoms with van der Waals surface area (Å²) in [7, 11) is 0. The van der Waals surface area contributed by atoms with Crippen molar-refractivity contribution in [2.24, 2.45) is 0 Å². The quantitative estimate of drug-likeness (QED) is 0.734. The summed E-state index contributed by atoms with van der Waals surface area (Å²) in [5, 5.41) is 1.26. The standard InChI is InChI=1S/C17H17N3/c1-10-15(18)7-8-16(20-10)14-9-19-17-12(11-5-6-11)3-2-4-13(14)17/h2-4,7-9,11,19H,5-6,18H2,1H3. The number of anilines is 1. The van der Waals surface area contributed by atoms with Crippen LogP contribution in [0.5, 0.6) is 0 Å². The second-order valence-corrected chi connectivity index (χ2v) is 5.62. The Kier molecular flexibility index (Phi) is 2.36. The van der Waals surface area contributed by atoms with Crippen LogP contribution in [0.15, 0.2) is 36.5 Å². The first kappa shape index (κ1) is 11.5. The van der Waals surface area contributed by atoms with E-state index in [4.69, 9.17) is 5.73 Å². The van der Waals surface area contributed by atoms with E-state index in [-0.39, 0.29) is 0 Å². The Balaban J connectivity index is 1.91. The molecule has 2 heterocycles. The van der Waals surface area contributed by atoms with Crippen LogP contribution in [-0.4, -0.2) is 9.97 Å². The lowest BCUT2D eigenvalue weighted by Gasteiger charge is -2.04. The molecule has 0 atom stereocenters. The number of hydrogen-bond acceptors (Lipinski definition) is 2. The highest BCUT2D eigenvalue weighted by Crippen LogP contribution is 2.43. The van der Waals surface area contributed by atoms with Gasteiger partial charge in [-0.3, -0.25) is 4.98 Å². The summed E-state index contributed by atoms with van der Waals surface area (Å²) >= 11 is 0. The molecule has 3 nitrogen and oxygen atoms in total. The predicted octanol–water partition coefficient (Wildman–Crippen LogP) is 4.00. The third-order valence-electron chi connectivity index (χ3n) is 4.17. The number of benzene rings is 1. The number of nitrogens with one attached hydrogen (secondary N) is 1. The number of aromatic nitrogens is 2. The number of rotatable bonds is 2. The average Bonchev–Trinajstić information content (AvgIpc) is 3.21. The number of aromatic amines is 1. The van der Waals surface area contributed by atoms with Gasteiger partial charge in [-0.05, 0) is 43.4 Å². The zero-order valence-electron chi connectivity index (χ0n) is 11.5. The number of fused-ring (bicyclic) bond motifs is 1. The number of aryl methyl sites for hydroxylation is 1. The zero-order valence-corrected chi connectivity index (χ0v) is 11.5. The highest BCUT2D eigenvalue weighted by molar-refractivity contribution is 5.96. The Morgan fingerprint density at radius 3 is 2.80 bits per heavy atom. The molecule has 1 aliphatic carbocycles. The smallest absolute Gasteiger partial charge is 0.0728 e. The molecule has 0 saturated heterocycles. The van der Waals surface area contributed by atoms with Crippen molar-refractivity contribution in [2.75, 3.05) is 5.73 Å². The lowest BCUT2D eigenvalue weighted by Crippen LogP contribution is -1.93. The van der Waals surface area contributed by atoms with Gasteiger partial charge in [0.15, 0.2) is 0 Å². The summed E-state index contributed by atoms with van der Waals surface area (Å²) in [6.07, 6.45) is 4.69. The van der Waals surface area contributed by atoms with Crippen LogP contribution >= 0.6 is 0 Å². The van der Waals surface area contributed by atoms with E-state index in [1.165, 1.54) is 29.3 Å². The minimum atomic E-state index is 0.742. The number of pyridine rings is 1. The van der Waals surface area contributed by atoms with Crippen LogP contribution in [0.4, 0.5) is 5.69 Å². The monoisotopic (exact) mass is 263 g/mol. The molecule has 3 N–H and O–H groups in total. The average molecular weight is 263 g/mol. The Morgan fingerprint density at radius 2 is 2.05 bits per heavy atom. The van der Waals surface area contributed by atoms with Crippen molar-refractivity contribution in [3.8, 4) is 11.3 Å². The van der Waals surface area contributed by atoms with E-state index in [9.17, 15) is 0 Å². The Labute approximate surface area is 117 Å². The van der Waals surface area contributed by atoms with Crippen molar-refractivity contribution in [2.45, 2.75) is 25.7 Å². The van der Waals surface area contributed by atoms with Gasteiger partial charge >= 0.3 is 0 Å².